The normalized spacial score (nSPS) is 12.2. The molecule has 0 aliphatic rings. The van der Waals surface area contributed by atoms with Gasteiger partial charge in [-0.05, 0) is 24.1 Å². The summed E-state index contributed by atoms with van der Waals surface area (Å²) in [7, 11) is -1.69. The van der Waals surface area contributed by atoms with Crippen LogP contribution >= 0.6 is 11.6 Å². The van der Waals surface area contributed by atoms with Gasteiger partial charge in [0.2, 0.25) is 0 Å². The van der Waals surface area contributed by atoms with Crippen LogP contribution in [0, 0.1) is 0 Å². The van der Waals surface area contributed by atoms with E-state index in [1.807, 2.05) is 38.8 Å². The molecule has 194 valence electrons. The number of rotatable bonds is 10. The summed E-state index contributed by atoms with van der Waals surface area (Å²) in [5.41, 5.74) is 12.2. The molecule has 1 aromatic carbocycles. The highest BCUT2D eigenvalue weighted by Gasteiger charge is 2.23. The maximum absolute atomic E-state index is 12.3. The smallest absolute Gasteiger partial charge is 0.273 e. The molecule has 1 heterocycles. The number of nitrogens with two attached hydrogens (primary N) is 2. The number of nitrogens with one attached hydrogen (secondary N) is 2. The summed E-state index contributed by atoms with van der Waals surface area (Å²) < 4.78 is 24.3. The third-order valence-electron chi connectivity index (χ3n) is 5.30. The van der Waals surface area contributed by atoms with Gasteiger partial charge in [0.15, 0.2) is 32.3 Å². The number of carbonyl (C=O) groups is 1. The fraction of sp³-hybridized carbons (Fsp3) is 0.500. The van der Waals surface area contributed by atoms with E-state index in [0.717, 1.165) is 11.8 Å². The van der Waals surface area contributed by atoms with E-state index in [9.17, 15) is 18.3 Å². The summed E-state index contributed by atoms with van der Waals surface area (Å²) in [4.78, 5) is 21.8. The second-order valence-corrected chi connectivity index (χ2v) is 11.7. The number of phenols is 1. The Morgan fingerprint density at radius 1 is 1.14 bits per heavy atom. The molecule has 2 aromatic rings. The van der Waals surface area contributed by atoms with Crippen LogP contribution in [0.2, 0.25) is 5.15 Å². The lowest BCUT2D eigenvalue weighted by Gasteiger charge is -2.22. The van der Waals surface area contributed by atoms with Gasteiger partial charge in [0.1, 0.15) is 10.6 Å². The van der Waals surface area contributed by atoms with Crippen molar-refractivity contribution in [1.82, 2.24) is 25.5 Å². The molecule has 1 amide bonds. The lowest BCUT2D eigenvalue weighted by atomic mass is 9.86. The first kappa shape index (κ1) is 28.6. The average molecular weight is 528 g/mol. The van der Waals surface area contributed by atoms with Crippen molar-refractivity contribution in [2.75, 3.05) is 50.9 Å². The van der Waals surface area contributed by atoms with Crippen LogP contribution in [0.5, 0.6) is 5.75 Å². The van der Waals surface area contributed by atoms with Gasteiger partial charge in [0, 0.05) is 44.5 Å². The predicted octanol–water partition coefficient (Wildman–Crippen LogP) is 1.15. The van der Waals surface area contributed by atoms with Crippen LogP contribution in [-0.4, -0.2) is 73.8 Å². The van der Waals surface area contributed by atoms with Gasteiger partial charge in [-0.15, -0.1) is 0 Å². The second kappa shape index (κ2) is 11.4. The number of nitrogens with zero attached hydrogens (tertiary/aromatic N) is 3. The monoisotopic (exact) mass is 527 g/mol. The number of phenolic OH excluding ortho intramolecular Hbond substituents is 1. The van der Waals surface area contributed by atoms with E-state index >= 15 is 0 Å². The Bertz CT molecular complexity index is 1180. The number of halogens is 1. The molecule has 35 heavy (non-hydrogen) atoms. The molecule has 0 saturated heterocycles. The third-order valence-corrected chi connectivity index (χ3v) is 6.69. The van der Waals surface area contributed by atoms with Crippen LogP contribution in [0.4, 0.5) is 11.6 Å². The van der Waals surface area contributed by atoms with Crippen LogP contribution in [0.3, 0.4) is 0 Å². The number of amides is 1. The maximum Gasteiger partial charge on any atom is 0.273 e. The van der Waals surface area contributed by atoms with Crippen molar-refractivity contribution in [2.24, 2.45) is 0 Å². The minimum Gasteiger partial charge on any atom is -0.506 e. The molecule has 11 nitrogen and oxygen atoms in total. The zero-order chi connectivity index (χ0) is 26.6. The number of nitrogen functional groups attached to an aromatic ring is 2. The van der Waals surface area contributed by atoms with Gasteiger partial charge in [-0.3, -0.25) is 4.79 Å². The van der Waals surface area contributed by atoms with Crippen molar-refractivity contribution in [1.29, 1.82) is 0 Å². The molecule has 1 aromatic heterocycles. The van der Waals surface area contributed by atoms with Crippen molar-refractivity contribution in [2.45, 2.75) is 37.6 Å². The highest BCUT2D eigenvalue weighted by atomic mass is 35.5. The van der Waals surface area contributed by atoms with Crippen molar-refractivity contribution in [3.8, 4) is 5.75 Å². The number of carbonyl (C=O) groups excluding carboxylic acids is 1. The zero-order valence-corrected chi connectivity index (χ0v) is 22.2. The zero-order valence-electron chi connectivity index (χ0n) is 20.6. The number of sulfone groups is 1. The SMILES string of the molecule is CN(CCNCc1cc(C(C)(C)C)cc(S(C)(=O)=O)c1O)CCNC(=O)c1nc(Cl)c(N)nc1N. The molecule has 0 fully saturated rings. The molecule has 0 spiro atoms. The number of likely N-dealkylation sites (N-methyl/N-ethyl adjacent to an activating group) is 1. The quantitative estimate of drug-likeness (QED) is 0.281. The average Bonchev–Trinajstić information content (AvgIpc) is 2.73. The highest BCUT2D eigenvalue weighted by Crippen LogP contribution is 2.33. The molecule has 7 N–H and O–H groups in total. The van der Waals surface area contributed by atoms with Crippen molar-refractivity contribution >= 4 is 39.0 Å². The van der Waals surface area contributed by atoms with E-state index in [2.05, 4.69) is 20.6 Å². The summed E-state index contributed by atoms with van der Waals surface area (Å²) in [6.45, 7) is 8.36. The van der Waals surface area contributed by atoms with Gasteiger partial charge in [-0.25, -0.2) is 18.4 Å². The molecule has 0 unspecified atom stereocenters. The van der Waals surface area contributed by atoms with E-state index in [4.69, 9.17) is 23.1 Å². The lowest BCUT2D eigenvalue weighted by molar-refractivity contribution is 0.0945. The van der Waals surface area contributed by atoms with Crippen LogP contribution in [0.1, 0.15) is 42.4 Å². The minimum atomic E-state index is -3.58. The number of aromatic nitrogens is 2. The summed E-state index contributed by atoms with van der Waals surface area (Å²) in [6, 6.07) is 3.36. The van der Waals surface area contributed by atoms with Crippen LogP contribution in [0.15, 0.2) is 17.0 Å². The summed E-state index contributed by atoms with van der Waals surface area (Å²) in [5, 5.41) is 16.4. The second-order valence-electron chi connectivity index (χ2n) is 9.37. The fourth-order valence-electron chi connectivity index (χ4n) is 3.17. The van der Waals surface area contributed by atoms with Crippen molar-refractivity contribution in [3.05, 3.63) is 34.1 Å². The largest absolute Gasteiger partial charge is 0.506 e. The lowest BCUT2D eigenvalue weighted by Crippen LogP contribution is -2.36. The maximum atomic E-state index is 12.3. The Labute approximate surface area is 211 Å². The molecule has 0 atom stereocenters. The Morgan fingerprint density at radius 2 is 1.77 bits per heavy atom. The van der Waals surface area contributed by atoms with E-state index < -0.39 is 15.7 Å². The molecule has 0 aliphatic heterocycles. The minimum absolute atomic E-state index is 0.0426. The van der Waals surface area contributed by atoms with Gasteiger partial charge in [0.25, 0.3) is 5.91 Å². The van der Waals surface area contributed by atoms with Gasteiger partial charge in [-0.1, -0.05) is 38.4 Å². The van der Waals surface area contributed by atoms with Gasteiger partial charge < -0.3 is 32.1 Å². The number of hydrogen-bond donors (Lipinski definition) is 5. The first-order valence-corrected chi connectivity index (χ1v) is 13.2. The number of hydrogen-bond acceptors (Lipinski definition) is 10. The Kier molecular flexibility index (Phi) is 9.29. The molecule has 0 aliphatic carbocycles. The highest BCUT2D eigenvalue weighted by molar-refractivity contribution is 7.90. The molecule has 0 radical (unpaired) electrons. The number of anilines is 2. The summed E-state index contributed by atoms with van der Waals surface area (Å²) >= 11 is 5.81. The molecule has 2 rings (SSSR count). The summed E-state index contributed by atoms with van der Waals surface area (Å²) in [5.74, 6) is -0.868. The van der Waals surface area contributed by atoms with E-state index in [0.29, 0.717) is 38.3 Å². The third kappa shape index (κ3) is 7.92. The molecule has 0 bridgehead atoms. The fourth-order valence-corrected chi connectivity index (χ4v) is 4.12. The Hall–Kier alpha value is -2.67. The van der Waals surface area contributed by atoms with Crippen LogP contribution < -0.4 is 22.1 Å². The number of aromatic hydroxyl groups is 1. The van der Waals surface area contributed by atoms with Gasteiger partial charge >= 0.3 is 0 Å². The number of benzene rings is 1. The van der Waals surface area contributed by atoms with Crippen molar-refractivity contribution in [3.63, 3.8) is 0 Å². The van der Waals surface area contributed by atoms with E-state index in [1.165, 1.54) is 6.07 Å². The Morgan fingerprint density at radius 3 is 2.37 bits per heavy atom. The molecular weight excluding hydrogens is 494 g/mol. The van der Waals surface area contributed by atoms with Crippen LogP contribution in [-0.2, 0) is 21.8 Å². The first-order chi connectivity index (χ1) is 16.1. The molecular formula is C22H34ClN7O4S. The first-order valence-electron chi connectivity index (χ1n) is 10.9. The predicted molar refractivity (Wildman–Crippen MR) is 137 cm³/mol. The van der Waals surface area contributed by atoms with Gasteiger partial charge in [0.05, 0.1) is 0 Å². The van der Waals surface area contributed by atoms with E-state index in [1.54, 1.807) is 0 Å². The standard InChI is InChI=1S/C22H34ClN7O4S/c1-22(2,3)14-10-13(17(31)15(11-14)35(5,33)34)12-26-6-8-30(4)9-7-27-21(32)16-19(24)29-20(25)18(23)28-16/h10-11,26,31H,6-9,12H2,1-5H3,(H,27,32)(H4,24,25,29). The van der Waals surface area contributed by atoms with Crippen LogP contribution in [0.25, 0.3) is 0 Å². The molecule has 13 heteroatoms. The molecule has 0 saturated carbocycles. The topological polar surface area (TPSA) is 177 Å². The van der Waals surface area contributed by atoms with Gasteiger partial charge in [-0.2, -0.15) is 0 Å². The van der Waals surface area contributed by atoms with E-state index in [-0.39, 0.29) is 38.5 Å². The summed E-state index contributed by atoms with van der Waals surface area (Å²) in [6.07, 6.45) is 1.09. The Balaban J connectivity index is 1.88. The van der Waals surface area contributed by atoms with Crippen molar-refractivity contribution < 1.29 is 18.3 Å².